The molecule has 2 unspecified atom stereocenters. The van der Waals surface area contributed by atoms with E-state index in [1.165, 1.54) is 25.7 Å². The fraction of sp³-hybridized carbons (Fsp3) is 1.00. The van der Waals surface area contributed by atoms with Gasteiger partial charge in [-0.3, -0.25) is 4.90 Å². The molecule has 96 valence electrons. The van der Waals surface area contributed by atoms with Crippen molar-refractivity contribution < 1.29 is 5.11 Å². The fourth-order valence-corrected chi connectivity index (χ4v) is 3.01. The molecule has 0 aromatic heterocycles. The Morgan fingerprint density at radius 1 is 1.31 bits per heavy atom. The molecule has 0 radical (unpaired) electrons. The molecule has 0 heterocycles. The maximum absolute atomic E-state index is 9.56. The lowest BCUT2D eigenvalue weighted by atomic mass is 10.0. The second kappa shape index (κ2) is 7.25. The largest absolute Gasteiger partial charge is 0.395 e. The molecule has 0 spiro atoms. The van der Waals surface area contributed by atoms with Gasteiger partial charge in [-0.2, -0.15) is 0 Å². The Labute approximate surface area is 100 Å². The first-order valence-corrected chi connectivity index (χ1v) is 6.86. The molecule has 0 aromatic carbocycles. The summed E-state index contributed by atoms with van der Waals surface area (Å²) in [6.07, 6.45) is 7.34. The number of aliphatic hydroxyl groups excluding tert-OH is 1. The second-order valence-corrected chi connectivity index (χ2v) is 4.97. The van der Waals surface area contributed by atoms with Crippen molar-refractivity contribution in [3.63, 3.8) is 0 Å². The van der Waals surface area contributed by atoms with Crippen LogP contribution in [-0.2, 0) is 0 Å². The predicted molar refractivity (Wildman–Crippen MR) is 68.4 cm³/mol. The summed E-state index contributed by atoms with van der Waals surface area (Å²) < 4.78 is 0. The van der Waals surface area contributed by atoms with Crippen molar-refractivity contribution >= 4 is 0 Å². The molecular weight excluding hydrogens is 200 g/mol. The molecular formula is C13H28N2O. The van der Waals surface area contributed by atoms with Gasteiger partial charge in [0.2, 0.25) is 0 Å². The molecule has 0 bridgehead atoms. The van der Waals surface area contributed by atoms with Crippen molar-refractivity contribution in [3.8, 4) is 0 Å². The first kappa shape index (κ1) is 13.9. The van der Waals surface area contributed by atoms with Gasteiger partial charge in [0.05, 0.1) is 6.61 Å². The van der Waals surface area contributed by atoms with Gasteiger partial charge in [0.15, 0.2) is 0 Å². The molecule has 1 rings (SSSR count). The van der Waals surface area contributed by atoms with Crippen LogP contribution in [0.4, 0.5) is 0 Å². The van der Waals surface area contributed by atoms with Crippen molar-refractivity contribution in [2.24, 2.45) is 5.73 Å². The van der Waals surface area contributed by atoms with Crippen LogP contribution < -0.4 is 5.73 Å². The number of nitrogens with two attached hydrogens (primary N) is 1. The van der Waals surface area contributed by atoms with Gasteiger partial charge >= 0.3 is 0 Å². The maximum atomic E-state index is 9.56. The van der Waals surface area contributed by atoms with Gasteiger partial charge in [-0.15, -0.1) is 0 Å². The van der Waals surface area contributed by atoms with Gasteiger partial charge in [-0.05, 0) is 25.8 Å². The van der Waals surface area contributed by atoms with Gasteiger partial charge in [-0.1, -0.05) is 33.1 Å². The van der Waals surface area contributed by atoms with Crippen LogP contribution in [0, 0.1) is 0 Å². The van der Waals surface area contributed by atoms with Crippen LogP contribution in [0.5, 0.6) is 0 Å². The molecule has 3 nitrogen and oxygen atoms in total. The van der Waals surface area contributed by atoms with E-state index < -0.39 is 0 Å². The molecule has 1 aliphatic rings. The third-order valence-corrected chi connectivity index (χ3v) is 3.89. The third-order valence-electron chi connectivity index (χ3n) is 3.89. The summed E-state index contributed by atoms with van der Waals surface area (Å²) in [6, 6.07) is 0.939. The summed E-state index contributed by atoms with van der Waals surface area (Å²) in [4.78, 5) is 2.44. The average molecular weight is 228 g/mol. The summed E-state index contributed by atoms with van der Waals surface area (Å²) in [6.45, 7) is 5.54. The topological polar surface area (TPSA) is 49.5 Å². The van der Waals surface area contributed by atoms with Gasteiger partial charge in [0, 0.05) is 18.1 Å². The zero-order chi connectivity index (χ0) is 12.0. The van der Waals surface area contributed by atoms with E-state index in [4.69, 9.17) is 5.73 Å². The number of rotatable bonds is 7. The zero-order valence-corrected chi connectivity index (χ0v) is 10.9. The fourth-order valence-electron chi connectivity index (χ4n) is 3.01. The summed E-state index contributed by atoms with van der Waals surface area (Å²) >= 11 is 0. The van der Waals surface area contributed by atoms with E-state index in [1.54, 1.807) is 0 Å². The van der Waals surface area contributed by atoms with Crippen LogP contribution in [0.15, 0.2) is 0 Å². The van der Waals surface area contributed by atoms with Gasteiger partial charge in [0.25, 0.3) is 0 Å². The van der Waals surface area contributed by atoms with E-state index in [0.717, 1.165) is 19.4 Å². The predicted octanol–water partition coefficient (Wildman–Crippen LogP) is 1.74. The minimum Gasteiger partial charge on any atom is -0.395 e. The Hall–Kier alpha value is -0.120. The number of hydrogen-bond donors (Lipinski definition) is 2. The average Bonchev–Trinajstić information content (AvgIpc) is 2.79. The van der Waals surface area contributed by atoms with Crippen molar-refractivity contribution in [2.45, 2.75) is 70.5 Å². The molecule has 1 saturated carbocycles. The van der Waals surface area contributed by atoms with Crippen molar-refractivity contribution in [3.05, 3.63) is 0 Å². The normalized spacial score (nSPS) is 21.6. The molecule has 0 aliphatic heterocycles. The van der Waals surface area contributed by atoms with E-state index in [0.29, 0.717) is 6.04 Å². The minimum atomic E-state index is 0.121. The van der Waals surface area contributed by atoms with Gasteiger partial charge in [0.1, 0.15) is 0 Å². The lowest BCUT2D eigenvalue weighted by molar-refractivity contribution is 0.0708. The summed E-state index contributed by atoms with van der Waals surface area (Å²) in [5, 5.41) is 9.56. The standard InChI is InChI=1S/C13H28N2O/c1-3-7-12(14)13(10-16)15(4-2)11-8-5-6-9-11/h11-13,16H,3-10,14H2,1-2H3. The molecule has 16 heavy (non-hydrogen) atoms. The van der Waals surface area contributed by atoms with E-state index in [9.17, 15) is 5.11 Å². The van der Waals surface area contributed by atoms with Crippen LogP contribution in [0.3, 0.4) is 0 Å². The molecule has 0 aromatic rings. The number of aliphatic hydroxyl groups is 1. The highest BCUT2D eigenvalue weighted by molar-refractivity contribution is 4.87. The molecule has 1 aliphatic carbocycles. The molecule has 3 heteroatoms. The van der Waals surface area contributed by atoms with E-state index in [1.807, 2.05) is 0 Å². The Kier molecular flexibility index (Phi) is 6.32. The monoisotopic (exact) mass is 228 g/mol. The highest BCUT2D eigenvalue weighted by Crippen LogP contribution is 2.26. The minimum absolute atomic E-state index is 0.121. The molecule has 0 saturated heterocycles. The number of likely N-dealkylation sites (N-methyl/N-ethyl adjacent to an activating group) is 1. The number of nitrogens with zero attached hydrogens (tertiary/aromatic N) is 1. The van der Waals surface area contributed by atoms with Crippen LogP contribution in [0.25, 0.3) is 0 Å². The lowest BCUT2D eigenvalue weighted by Gasteiger charge is -2.37. The first-order chi connectivity index (χ1) is 7.74. The highest BCUT2D eigenvalue weighted by atomic mass is 16.3. The molecule has 3 N–H and O–H groups in total. The third kappa shape index (κ3) is 3.44. The SMILES string of the molecule is CCCC(N)C(CO)N(CC)C1CCCC1. The summed E-state index contributed by atoms with van der Waals surface area (Å²) in [5.41, 5.74) is 6.18. The Balaban J connectivity index is 2.58. The van der Waals surface area contributed by atoms with E-state index >= 15 is 0 Å². The van der Waals surface area contributed by atoms with Crippen LogP contribution in [0.1, 0.15) is 52.4 Å². The van der Waals surface area contributed by atoms with Crippen molar-refractivity contribution in [1.29, 1.82) is 0 Å². The second-order valence-electron chi connectivity index (χ2n) is 4.97. The molecule has 0 amide bonds. The van der Waals surface area contributed by atoms with Gasteiger partial charge < -0.3 is 10.8 Å². The maximum Gasteiger partial charge on any atom is 0.0602 e. The van der Waals surface area contributed by atoms with E-state index in [2.05, 4.69) is 18.7 Å². The molecule has 1 fully saturated rings. The molecule has 2 atom stereocenters. The van der Waals surface area contributed by atoms with Crippen molar-refractivity contribution in [2.75, 3.05) is 13.2 Å². The van der Waals surface area contributed by atoms with Crippen LogP contribution >= 0.6 is 0 Å². The Morgan fingerprint density at radius 3 is 2.38 bits per heavy atom. The smallest absolute Gasteiger partial charge is 0.0602 e. The lowest BCUT2D eigenvalue weighted by Crippen LogP contribution is -2.53. The quantitative estimate of drug-likeness (QED) is 0.698. The Bertz CT molecular complexity index is 181. The van der Waals surface area contributed by atoms with E-state index in [-0.39, 0.29) is 18.7 Å². The van der Waals surface area contributed by atoms with Crippen LogP contribution in [0.2, 0.25) is 0 Å². The van der Waals surface area contributed by atoms with Crippen molar-refractivity contribution in [1.82, 2.24) is 4.90 Å². The van der Waals surface area contributed by atoms with Gasteiger partial charge in [-0.25, -0.2) is 0 Å². The highest BCUT2D eigenvalue weighted by Gasteiger charge is 2.30. The first-order valence-electron chi connectivity index (χ1n) is 6.86. The summed E-state index contributed by atoms with van der Waals surface area (Å²) in [7, 11) is 0. The number of hydrogen-bond acceptors (Lipinski definition) is 3. The Morgan fingerprint density at radius 2 is 1.94 bits per heavy atom. The van der Waals surface area contributed by atoms with Crippen LogP contribution in [-0.4, -0.2) is 41.3 Å². The summed E-state index contributed by atoms with van der Waals surface area (Å²) in [5.74, 6) is 0. The zero-order valence-electron chi connectivity index (χ0n) is 10.9.